The highest BCUT2D eigenvalue weighted by Crippen LogP contribution is 2.13. The second-order valence-electron chi connectivity index (χ2n) is 3.59. The zero-order chi connectivity index (χ0) is 11.6. The maximum atomic E-state index is 5.63. The third-order valence-corrected chi connectivity index (χ3v) is 2.34. The van der Waals surface area contributed by atoms with Crippen LogP contribution in [0.1, 0.15) is 12.5 Å². The molecule has 0 saturated carbocycles. The van der Waals surface area contributed by atoms with Crippen LogP contribution in [0.4, 0.5) is 0 Å². The Hall–Kier alpha value is -1.06. The Kier molecular flexibility index (Phi) is 6.61. The van der Waals surface area contributed by atoms with Crippen molar-refractivity contribution in [2.24, 2.45) is 0 Å². The molecule has 16 heavy (non-hydrogen) atoms. The molecular weight excluding hydrogens is 202 g/mol. The van der Waals surface area contributed by atoms with Crippen molar-refractivity contribution in [2.75, 3.05) is 33.4 Å². The van der Waals surface area contributed by atoms with Gasteiger partial charge in [-0.05, 0) is 24.1 Å². The molecule has 0 unspecified atom stereocenters. The molecule has 0 amide bonds. The van der Waals surface area contributed by atoms with Crippen LogP contribution < -0.4 is 10.1 Å². The Labute approximate surface area is 97.8 Å². The van der Waals surface area contributed by atoms with Gasteiger partial charge in [-0.25, -0.2) is 0 Å². The molecule has 0 heterocycles. The van der Waals surface area contributed by atoms with E-state index in [9.17, 15) is 0 Å². The highest BCUT2D eigenvalue weighted by Gasteiger charge is 1.95. The van der Waals surface area contributed by atoms with Crippen molar-refractivity contribution in [3.05, 3.63) is 29.8 Å². The lowest BCUT2D eigenvalue weighted by molar-refractivity contribution is 0.197. The van der Waals surface area contributed by atoms with Crippen LogP contribution in [0.3, 0.4) is 0 Å². The monoisotopic (exact) mass is 223 g/mol. The van der Waals surface area contributed by atoms with E-state index < -0.39 is 0 Å². The van der Waals surface area contributed by atoms with E-state index in [2.05, 4.69) is 24.4 Å². The summed E-state index contributed by atoms with van der Waals surface area (Å²) in [5.74, 6) is 0.952. The Balaban J connectivity index is 2.16. The number of hydrogen-bond donors (Lipinski definition) is 1. The van der Waals surface area contributed by atoms with Crippen molar-refractivity contribution < 1.29 is 9.47 Å². The number of hydrogen-bond acceptors (Lipinski definition) is 3. The molecule has 0 saturated heterocycles. The Morgan fingerprint density at radius 1 is 1.19 bits per heavy atom. The minimum absolute atomic E-state index is 0.691. The first-order valence-corrected chi connectivity index (χ1v) is 5.78. The zero-order valence-electron chi connectivity index (χ0n) is 10.2. The molecule has 0 aliphatic heterocycles. The lowest BCUT2D eigenvalue weighted by Gasteiger charge is -2.08. The van der Waals surface area contributed by atoms with Gasteiger partial charge in [0.1, 0.15) is 12.4 Å². The van der Waals surface area contributed by atoms with Gasteiger partial charge in [0.2, 0.25) is 0 Å². The van der Waals surface area contributed by atoms with E-state index in [4.69, 9.17) is 9.47 Å². The summed E-state index contributed by atoms with van der Waals surface area (Å²) in [6.07, 6.45) is 1.04. The molecule has 0 aromatic heterocycles. The first-order chi connectivity index (χ1) is 7.86. The Bertz CT molecular complexity index is 289. The van der Waals surface area contributed by atoms with E-state index in [0.717, 1.165) is 31.9 Å². The Morgan fingerprint density at radius 2 is 2.00 bits per heavy atom. The molecule has 0 atom stereocenters. The summed E-state index contributed by atoms with van der Waals surface area (Å²) in [6, 6.07) is 8.24. The average molecular weight is 223 g/mol. The first kappa shape index (κ1) is 13.0. The number of ether oxygens (including phenoxy) is 2. The van der Waals surface area contributed by atoms with E-state index in [1.165, 1.54) is 5.56 Å². The molecule has 90 valence electrons. The van der Waals surface area contributed by atoms with Gasteiger partial charge in [0.25, 0.3) is 0 Å². The van der Waals surface area contributed by atoms with Crippen molar-refractivity contribution >= 4 is 0 Å². The van der Waals surface area contributed by atoms with Gasteiger partial charge in [-0.1, -0.05) is 19.1 Å². The summed E-state index contributed by atoms with van der Waals surface area (Å²) in [4.78, 5) is 0. The largest absolute Gasteiger partial charge is 0.492 e. The molecule has 1 aromatic carbocycles. The minimum atomic E-state index is 0.691. The molecule has 1 rings (SSSR count). The molecule has 0 aliphatic rings. The van der Waals surface area contributed by atoms with Crippen LogP contribution in [0, 0.1) is 0 Å². The zero-order valence-corrected chi connectivity index (χ0v) is 10.2. The third-order valence-electron chi connectivity index (χ3n) is 2.34. The topological polar surface area (TPSA) is 30.5 Å². The Morgan fingerprint density at radius 3 is 2.75 bits per heavy atom. The molecule has 0 fully saturated rings. The minimum Gasteiger partial charge on any atom is -0.492 e. The molecular formula is C13H21NO2. The second-order valence-corrected chi connectivity index (χ2v) is 3.59. The number of nitrogens with one attached hydrogen (secondary N) is 1. The fraction of sp³-hybridized carbons (Fsp3) is 0.538. The lowest BCUT2D eigenvalue weighted by Crippen LogP contribution is -2.24. The molecule has 1 aromatic rings. The molecule has 0 aliphatic carbocycles. The predicted octanol–water partition coefficient (Wildman–Crippen LogP) is 1.86. The highest BCUT2D eigenvalue weighted by molar-refractivity contribution is 5.28. The van der Waals surface area contributed by atoms with E-state index in [0.29, 0.717) is 6.61 Å². The molecule has 3 nitrogen and oxygen atoms in total. The summed E-state index contributed by atoms with van der Waals surface area (Å²) < 4.78 is 10.6. The third kappa shape index (κ3) is 5.14. The fourth-order valence-electron chi connectivity index (χ4n) is 1.40. The van der Waals surface area contributed by atoms with E-state index in [1.54, 1.807) is 7.11 Å². The van der Waals surface area contributed by atoms with Gasteiger partial charge in [0.15, 0.2) is 0 Å². The second kappa shape index (κ2) is 8.13. The summed E-state index contributed by atoms with van der Waals surface area (Å²) in [5.41, 5.74) is 1.31. The van der Waals surface area contributed by atoms with Crippen LogP contribution in [-0.4, -0.2) is 33.4 Å². The maximum absolute atomic E-state index is 5.63. The summed E-state index contributed by atoms with van der Waals surface area (Å²) in [6.45, 7) is 5.29. The summed E-state index contributed by atoms with van der Waals surface area (Å²) in [5, 5.41) is 3.24. The number of methoxy groups -OCH3 is 1. The van der Waals surface area contributed by atoms with Gasteiger partial charge in [0, 0.05) is 20.2 Å². The number of rotatable bonds is 8. The van der Waals surface area contributed by atoms with Gasteiger partial charge >= 0.3 is 0 Å². The van der Waals surface area contributed by atoms with Crippen molar-refractivity contribution in [3.63, 3.8) is 0 Å². The van der Waals surface area contributed by atoms with Gasteiger partial charge in [0.05, 0.1) is 6.61 Å². The molecule has 0 spiro atoms. The van der Waals surface area contributed by atoms with Crippen LogP contribution >= 0.6 is 0 Å². The number of benzene rings is 1. The smallest absolute Gasteiger partial charge is 0.119 e. The van der Waals surface area contributed by atoms with Crippen molar-refractivity contribution in [1.29, 1.82) is 0 Å². The fourth-order valence-corrected chi connectivity index (χ4v) is 1.40. The van der Waals surface area contributed by atoms with Gasteiger partial charge < -0.3 is 14.8 Å². The SMILES string of the molecule is CCc1cccc(OCCNCCOC)c1. The molecule has 1 N–H and O–H groups in total. The maximum Gasteiger partial charge on any atom is 0.119 e. The lowest BCUT2D eigenvalue weighted by atomic mass is 10.2. The molecule has 0 radical (unpaired) electrons. The standard InChI is InChI=1S/C13H21NO2/c1-3-12-5-4-6-13(11-12)16-10-8-14-7-9-15-2/h4-6,11,14H,3,7-10H2,1-2H3. The first-order valence-electron chi connectivity index (χ1n) is 5.78. The van der Waals surface area contributed by atoms with Crippen LogP contribution in [-0.2, 0) is 11.2 Å². The van der Waals surface area contributed by atoms with Crippen molar-refractivity contribution in [2.45, 2.75) is 13.3 Å². The van der Waals surface area contributed by atoms with E-state index in [1.807, 2.05) is 12.1 Å². The van der Waals surface area contributed by atoms with Crippen molar-refractivity contribution in [1.82, 2.24) is 5.32 Å². The van der Waals surface area contributed by atoms with Crippen molar-refractivity contribution in [3.8, 4) is 5.75 Å². The van der Waals surface area contributed by atoms with Gasteiger partial charge in [-0.3, -0.25) is 0 Å². The van der Waals surface area contributed by atoms with Gasteiger partial charge in [-0.2, -0.15) is 0 Å². The summed E-state index contributed by atoms with van der Waals surface area (Å²) in [7, 11) is 1.70. The van der Waals surface area contributed by atoms with Crippen LogP contribution in [0.2, 0.25) is 0 Å². The number of aryl methyl sites for hydroxylation is 1. The molecule has 3 heteroatoms. The quantitative estimate of drug-likeness (QED) is 0.682. The van der Waals surface area contributed by atoms with E-state index in [-0.39, 0.29) is 0 Å². The van der Waals surface area contributed by atoms with Crippen LogP contribution in [0.15, 0.2) is 24.3 Å². The van der Waals surface area contributed by atoms with E-state index >= 15 is 0 Å². The predicted molar refractivity (Wildman–Crippen MR) is 66.1 cm³/mol. The average Bonchev–Trinajstić information content (AvgIpc) is 2.34. The normalized spacial score (nSPS) is 10.4. The van der Waals surface area contributed by atoms with Crippen LogP contribution in [0.5, 0.6) is 5.75 Å². The summed E-state index contributed by atoms with van der Waals surface area (Å²) >= 11 is 0. The molecule has 0 bridgehead atoms. The van der Waals surface area contributed by atoms with Gasteiger partial charge in [-0.15, -0.1) is 0 Å². The highest BCUT2D eigenvalue weighted by atomic mass is 16.5. The van der Waals surface area contributed by atoms with Crippen LogP contribution in [0.25, 0.3) is 0 Å².